The molecule has 10 nitrogen and oxygen atoms in total. The molecule has 1 saturated carbocycles. The van der Waals surface area contributed by atoms with Gasteiger partial charge < -0.3 is 20.3 Å². The van der Waals surface area contributed by atoms with E-state index in [0.717, 1.165) is 42.6 Å². The Hall–Kier alpha value is -3.50. The SMILES string of the molecule is CC(C)(C)OC(=O)N1CC(O)C(O)C1C(=O)N(c1ccc(C(C)(C)C)cc1)C(C(=O)NC1CCCCC1)c1cccnc1. The van der Waals surface area contributed by atoms with Crippen LogP contribution in [0.2, 0.25) is 0 Å². The molecule has 234 valence electrons. The molecule has 3 amide bonds. The number of amides is 3. The fourth-order valence-corrected chi connectivity index (χ4v) is 5.76. The smallest absolute Gasteiger partial charge is 0.411 e. The van der Waals surface area contributed by atoms with Gasteiger partial charge in [-0.05, 0) is 62.8 Å². The summed E-state index contributed by atoms with van der Waals surface area (Å²) < 4.78 is 5.54. The number of aliphatic hydroxyl groups excluding tert-OH is 2. The zero-order valence-corrected chi connectivity index (χ0v) is 26.1. The predicted octanol–water partition coefficient (Wildman–Crippen LogP) is 4.24. The molecule has 4 rings (SSSR count). The van der Waals surface area contributed by atoms with Crippen LogP contribution in [0.3, 0.4) is 0 Å². The molecule has 4 atom stereocenters. The fourth-order valence-electron chi connectivity index (χ4n) is 5.76. The number of likely N-dealkylation sites (tertiary alicyclic amines) is 1. The number of carbonyl (C=O) groups is 3. The van der Waals surface area contributed by atoms with Gasteiger partial charge in [0.2, 0.25) is 5.91 Å². The van der Waals surface area contributed by atoms with E-state index in [1.54, 1.807) is 57.4 Å². The van der Waals surface area contributed by atoms with Crippen LogP contribution in [0.1, 0.15) is 90.8 Å². The number of benzene rings is 1. The number of hydrogen-bond acceptors (Lipinski definition) is 7. The van der Waals surface area contributed by atoms with Crippen molar-refractivity contribution in [2.45, 2.75) is 115 Å². The molecule has 1 aliphatic carbocycles. The van der Waals surface area contributed by atoms with Crippen molar-refractivity contribution in [1.82, 2.24) is 15.2 Å². The van der Waals surface area contributed by atoms with E-state index >= 15 is 0 Å². The van der Waals surface area contributed by atoms with Crippen molar-refractivity contribution < 1.29 is 29.3 Å². The number of aliphatic hydroxyl groups is 2. The monoisotopic (exact) mass is 594 g/mol. The van der Waals surface area contributed by atoms with Gasteiger partial charge in [-0.3, -0.25) is 24.4 Å². The third-order valence-electron chi connectivity index (χ3n) is 8.03. The highest BCUT2D eigenvalue weighted by molar-refractivity contribution is 6.05. The lowest BCUT2D eigenvalue weighted by atomic mass is 9.87. The first-order valence-electron chi connectivity index (χ1n) is 15.2. The number of β-amino-alcohol motifs (C(OH)–C–C–N with tert-alkyl or cyclic N) is 1. The number of anilines is 1. The number of pyridine rings is 1. The minimum Gasteiger partial charge on any atom is -0.444 e. The molecule has 0 bridgehead atoms. The van der Waals surface area contributed by atoms with Crippen molar-refractivity contribution in [2.24, 2.45) is 0 Å². The minimum atomic E-state index is -1.59. The van der Waals surface area contributed by atoms with Crippen molar-refractivity contribution in [3.8, 4) is 0 Å². The van der Waals surface area contributed by atoms with Crippen LogP contribution >= 0.6 is 0 Å². The third-order valence-corrected chi connectivity index (χ3v) is 8.03. The summed E-state index contributed by atoms with van der Waals surface area (Å²) in [6, 6.07) is 8.09. The molecule has 10 heteroatoms. The van der Waals surface area contributed by atoms with Gasteiger partial charge in [0.15, 0.2) is 0 Å². The minimum absolute atomic E-state index is 0.0298. The van der Waals surface area contributed by atoms with Crippen LogP contribution in [-0.4, -0.2) is 74.4 Å². The van der Waals surface area contributed by atoms with Crippen molar-refractivity contribution >= 4 is 23.6 Å². The summed E-state index contributed by atoms with van der Waals surface area (Å²) in [6.07, 6.45) is 4.16. The summed E-state index contributed by atoms with van der Waals surface area (Å²) in [5.74, 6) is -1.10. The summed E-state index contributed by atoms with van der Waals surface area (Å²) in [5.41, 5.74) is 0.876. The highest BCUT2D eigenvalue weighted by atomic mass is 16.6. The van der Waals surface area contributed by atoms with Gasteiger partial charge >= 0.3 is 6.09 Å². The van der Waals surface area contributed by atoms with Crippen LogP contribution in [0, 0.1) is 0 Å². The van der Waals surface area contributed by atoms with Crippen molar-refractivity contribution in [1.29, 1.82) is 0 Å². The normalized spacial score (nSPS) is 22.1. The Morgan fingerprint density at radius 1 is 1.00 bits per heavy atom. The number of rotatable bonds is 6. The van der Waals surface area contributed by atoms with E-state index in [1.807, 2.05) is 12.1 Å². The topological polar surface area (TPSA) is 132 Å². The molecular formula is C33H46N4O6. The average molecular weight is 595 g/mol. The first-order valence-corrected chi connectivity index (χ1v) is 15.2. The third kappa shape index (κ3) is 7.72. The van der Waals surface area contributed by atoms with Crippen molar-refractivity contribution in [3.63, 3.8) is 0 Å². The molecule has 3 N–H and O–H groups in total. The van der Waals surface area contributed by atoms with Gasteiger partial charge in [-0.1, -0.05) is 58.2 Å². The highest BCUT2D eigenvalue weighted by Gasteiger charge is 2.51. The Morgan fingerprint density at radius 3 is 2.21 bits per heavy atom. The second-order valence-electron chi connectivity index (χ2n) is 13.7. The van der Waals surface area contributed by atoms with Crippen molar-refractivity contribution in [3.05, 3.63) is 59.9 Å². The molecular weight excluding hydrogens is 548 g/mol. The van der Waals surface area contributed by atoms with E-state index in [-0.39, 0.29) is 23.9 Å². The second-order valence-corrected chi connectivity index (χ2v) is 13.7. The van der Waals surface area contributed by atoms with Crippen LogP contribution in [0.5, 0.6) is 0 Å². The molecule has 2 aliphatic rings. The van der Waals surface area contributed by atoms with Gasteiger partial charge in [0.05, 0.1) is 6.54 Å². The molecule has 2 fully saturated rings. The van der Waals surface area contributed by atoms with E-state index in [0.29, 0.717) is 11.3 Å². The Kier molecular flexibility index (Phi) is 9.81. The van der Waals surface area contributed by atoms with Crippen LogP contribution in [-0.2, 0) is 19.7 Å². The molecule has 2 aromatic rings. The Balaban J connectivity index is 1.82. The molecule has 4 unspecified atom stereocenters. The van der Waals surface area contributed by atoms with Gasteiger partial charge in [-0.25, -0.2) is 4.79 Å². The number of nitrogens with zero attached hydrogens (tertiary/aromatic N) is 3. The Labute approximate surface area is 254 Å². The van der Waals surface area contributed by atoms with Crippen LogP contribution in [0.15, 0.2) is 48.8 Å². The summed E-state index contributed by atoms with van der Waals surface area (Å²) >= 11 is 0. The van der Waals surface area contributed by atoms with E-state index in [9.17, 15) is 24.6 Å². The molecule has 1 aromatic heterocycles. The van der Waals surface area contributed by atoms with Crippen LogP contribution in [0.25, 0.3) is 0 Å². The molecule has 1 aliphatic heterocycles. The molecule has 43 heavy (non-hydrogen) atoms. The zero-order chi connectivity index (χ0) is 31.5. The maximum absolute atomic E-state index is 14.7. The van der Waals surface area contributed by atoms with E-state index < -0.39 is 41.9 Å². The standard InChI is InChI=1S/C33H46N4O6/c1-32(2,3)22-14-16-24(17-15-22)37(30(41)27-28(39)25(38)20-36(27)31(42)43-33(4,5)6)26(21-11-10-18-34-19-21)29(40)35-23-12-8-7-9-13-23/h10-11,14-19,23,25-28,38-39H,7-9,12-13,20H2,1-6H3,(H,35,40). The molecule has 1 aromatic carbocycles. The quantitative estimate of drug-likeness (QED) is 0.456. The number of hydrogen-bond donors (Lipinski definition) is 3. The number of aromatic nitrogens is 1. The average Bonchev–Trinajstić information content (AvgIpc) is 3.25. The van der Waals surface area contributed by atoms with E-state index in [2.05, 4.69) is 31.1 Å². The summed E-state index contributed by atoms with van der Waals surface area (Å²) in [5, 5.41) is 24.9. The van der Waals surface area contributed by atoms with Gasteiger partial charge in [-0.15, -0.1) is 0 Å². The number of carbonyl (C=O) groups excluding carboxylic acids is 3. The summed E-state index contributed by atoms with van der Waals surface area (Å²) in [6.45, 7) is 11.0. The highest BCUT2D eigenvalue weighted by Crippen LogP contribution is 2.34. The summed E-state index contributed by atoms with van der Waals surface area (Å²) in [7, 11) is 0. The first-order chi connectivity index (χ1) is 20.2. The fraction of sp³-hybridized carbons (Fsp3) is 0.576. The lowest BCUT2D eigenvalue weighted by Crippen LogP contribution is -2.56. The van der Waals surface area contributed by atoms with Gasteiger partial charge in [0.1, 0.15) is 29.9 Å². The zero-order valence-electron chi connectivity index (χ0n) is 26.1. The maximum atomic E-state index is 14.7. The summed E-state index contributed by atoms with van der Waals surface area (Å²) in [4.78, 5) is 48.7. The second kappa shape index (κ2) is 13.0. The Morgan fingerprint density at radius 2 is 1.65 bits per heavy atom. The van der Waals surface area contributed by atoms with E-state index in [1.165, 1.54) is 4.90 Å². The lowest BCUT2D eigenvalue weighted by Gasteiger charge is -2.37. The largest absolute Gasteiger partial charge is 0.444 e. The Bertz CT molecular complexity index is 1270. The van der Waals surface area contributed by atoms with Gasteiger partial charge in [0.25, 0.3) is 5.91 Å². The molecule has 1 saturated heterocycles. The van der Waals surface area contributed by atoms with Crippen LogP contribution in [0.4, 0.5) is 10.5 Å². The van der Waals surface area contributed by atoms with E-state index in [4.69, 9.17) is 4.74 Å². The molecule has 2 heterocycles. The number of nitrogens with one attached hydrogen (secondary N) is 1. The molecule has 0 spiro atoms. The van der Waals surface area contributed by atoms with Gasteiger partial charge in [0, 0.05) is 29.7 Å². The predicted molar refractivity (Wildman–Crippen MR) is 163 cm³/mol. The maximum Gasteiger partial charge on any atom is 0.411 e. The van der Waals surface area contributed by atoms with Crippen molar-refractivity contribution in [2.75, 3.05) is 11.4 Å². The van der Waals surface area contributed by atoms with Gasteiger partial charge in [-0.2, -0.15) is 0 Å². The molecule has 0 radical (unpaired) electrons. The number of ether oxygens (including phenoxy) is 1. The lowest BCUT2D eigenvalue weighted by molar-refractivity contribution is -0.131. The van der Waals surface area contributed by atoms with Crippen LogP contribution < -0.4 is 10.2 Å². The first kappa shape index (κ1) is 32.4.